The Hall–Kier alpha value is -2.15. The highest BCUT2D eigenvalue weighted by atomic mass is 19.1. The van der Waals surface area contributed by atoms with Crippen LogP contribution in [-0.4, -0.2) is 42.0 Å². The van der Waals surface area contributed by atoms with Crippen molar-refractivity contribution in [2.75, 3.05) is 25.0 Å². The second kappa shape index (κ2) is 8.03. The number of carbonyl (C=O) groups excluding carboxylic acids is 2. The summed E-state index contributed by atoms with van der Waals surface area (Å²) in [4.78, 5) is 26.7. The zero-order valence-electron chi connectivity index (χ0n) is 15.0. The van der Waals surface area contributed by atoms with Gasteiger partial charge in [0.05, 0.1) is 17.1 Å². The lowest BCUT2D eigenvalue weighted by Crippen LogP contribution is -2.55. The molecule has 1 aliphatic carbocycles. The second-order valence-electron chi connectivity index (χ2n) is 7.38. The summed E-state index contributed by atoms with van der Waals surface area (Å²) >= 11 is 0. The molecule has 1 aliphatic heterocycles. The number of nitrogens with two attached hydrogens (primary N) is 1. The number of hydrogen-bond donors (Lipinski definition) is 3. The van der Waals surface area contributed by atoms with Gasteiger partial charge < -0.3 is 21.3 Å². The lowest BCUT2D eigenvalue weighted by atomic mass is 9.93. The molecule has 26 heavy (non-hydrogen) atoms. The van der Waals surface area contributed by atoms with E-state index in [4.69, 9.17) is 5.73 Å². The predicted octanol–water partition coefficient (Wildman–Crippen LogP) is 2.46. The van der Waals surface area contributed by atoms with Gasteiger partial charge in [0, 0.05) is 19.6 Å². The summed E-state index contributed by atoms with van der Waals surface area (Å²) in [7, 11) is 0. The number of amides is 3. The Morgan fingerprint density at radius 1 is 1.23 bits per heavy atom. The molecule has 1 aromatic rings. The molecule has 1 atom stereocenters. The van der Waals surface area contributed by atoms with E-state index in [2.05, 4.69) is 10.6 Å². The molecule has 142 valence electrons. The molecule has 0 aromatic heterocycles. The molecule has 1 saturated carbocycles. The van der Waals surface area contributed by atoms with E-state index >= 15 is 0 Å². The molecule has 0 radical (unpaired) electrons. The van der Waals surface area contributed by atoms with Crippen molar-refractivity contribution in [3.63, 3.8) is 0 Å². The molecule has 2 aliphatic rings. The van der Waals surface area contributed by atoms with E-state index in [1.807, 2.05) is 0 Å². The molecule has 6 nitrogen and oxygen atoms in total. The number of urea groups is 1. The maximum Gasteiger partial charge on any atom is 0.321 e. The first-order valence-corrected chi connectivity index (χ1v) is 9.35. The van der Waals surface area contributed by atoms with Crippen LogP contribution in [0.4, 0.5) is 14.9 Å². The monoisotopic (exact) mass is 362 g/mol. The van der Waals surface area contributed by atoms with Crippen molar-refractivity contribution in [2.24, 2.45) is 11.7 Å². The van der Waals surface area contributed by atoms with Crippen LogP contribution in [0.3, 0.4) is 0 Å². The fraction of sp³-hybridized carbons (Fsp3) is 0.579. The Morgan fingerprint density at radius 3 is 2.65 bits per heavy atom. The van der Waals surface area contributed by atoms with Gasteiger partial charge in [-0.05, 0) is 37.8 Å². The minimum atomic E-state index is -0.474. The smallest absolute Gasteiger partial charge is 0.321 e. The summed E-state index contributed by atoms with van der Waals surface area (Å²) in [5, 5.41) is 5.74. The maximum absolute atomic E-state index is 13.7. The minimum absolute atomic E-state index is 0.0271. The molecule has 0 spiro atoms. The summed E-state index contributed by atoms with van der Waals surface area (Å²) in [5.74, 6) is -0.752. The third-order valence-corrected chi connectivity index (χ3v) is 5.53. The number of hydrogen-bond acceptors (Lipinski definition) is 3. The van der Waals surface area contributed by atoms with Gasteiger partial charge >= 0.3 is 6.03 Å². The van der Waals surface area contributed by atoms with Crippen molar-refractivity contribution in [3.8, 4) is 0 Å². The number of carbonyl (C=O) groups is 2. The van der Waals surface area contributed by atoms with Crippen molar-refractivity contribution in [2.45, 2.75) is 44.1 Å². The fourth-order valence-electron chi connectivity index (χ4n) is 3.93. The van der Waals surface area contributed by atoms with Crippen molar-refractivity contribution in [1.82, 2.24) is 10.2 Å². The summed E-state index contributed by atoms with van der Waals surface area (Å²) in [6.45, 7) is 1.35. The summed E-state index contributed by atoms with van der Waals surface area (Å²) < 4.78 is 13.7. The minimum Gasteiger partial charge on any atom is -0.349 e. The SMILES string of the molecule is NCC1(NC(=O)C2CCCN(C(=O)Nc3ccccc3F)C2)CCCC1. The highest BCUT2D eigenvalue weighted by Crippen LogP contribution is 2.29. The molecule has 1 aromatic carbocycles. The topological polar surface area (TPSA) is 87.5 Å². The molecule has 0 bridgehead atoms. The van der Waals surface area contributed by atoms with E-state index in [1.54, 1.807) is 17.0 Å². The highest BCUT2D eigenvalue weighted by Gasteiger charge is 2.37. The van der Waals surface area contributed by atoms with Crippen LogP contribution >= 0.6 is 0 Å². The standard InChI is InChI=1S/C19H27FN4O2/c20-15-7-1-2-8-16(15)22-18(26)24-11-5-6-14(12-24)17(25)23-19(13-21)9-3-4-10-19/h1-2,7-8,14H,3-6,9-13,21H2,(H,22,26)(H,23,25). The van der Waals surface area contributed by atoms with Crippen LogP contribution < -0.4 is 16.4 Å². The zero-order chi connectivity index (χ0) is 18.6. The summed E-state index contributed by atoms with van der Waals surface area (Å²) in [5.41, 5.74) is 5.76. The van der Waals surface area contributed by atoms with Crippen LogP contribution in [0.2, 0.25) is 0 Å². The van der Waals surface area contributed by atoms with Crippen LogP contribution in [0, 0.1) is 11.7 Å². The first kappa shape index (κ1) is 18.6. The van der Waals surface area contributed by atoms with Gasteiger partial charge in [0.25, 0.3) is 0 Å². The first-order valence-electron chi connectivity index (χ1n) is 9.35. The molecule has 1 saturated heterocycles. The number of rotatable bonds is 4. The number of anilines is 1. The van der Waals surface area contributed by atoms with Crippen molar-refractivity contribution < 1.29 is 14.0 Å². The third-order valence-electron chi connectivity index (χ3n) is 5.53. The molecule has 3 rings (SSSR count). The average Bonchev–Trinajstić information content (AvgIpc) is 3.12. The number of halogens is 1. The number of piperidine rings is 1. The lowest BCUT2D eigenvalue weighted by molar-refractivity contribution is -0.128. The van der Waals surface area contributed by atoms with Gasteiger partial charge in [-0.3, -0.25) is 4.79 Å². The molecule has 7 heteroatoms. The molecular formula is C19H27FN4O2. The Balaban J connectivity index is 1.59. The molecule has 4 N–H and O–H groups in total. The fourth-order valence-corrected chi connectivity index (χ4v) is 3.93. The van der Waals surface area contributed by atoms with Gasteiger partial charge in [0.1, 0.15) is 5.82 Å². The second-order valence-corrected chi connectivity index (χ2v) is 7.38. The van der Waals surface area contributed by atoms with E-state index in [1.165, 1.54) is 12.1 Å². The van der Waals surface area contributed by atoms with E-state index in [-0.39, 0.29) is 29.1 Å². The van der Waals surface area contributed by atoms with Gasteiger partial charge in [0.2, 0.25) is 5.91 Å². The Bertz CT molecular complexity index is 661. The quantitative estimate of drug-likeness (QED) is 0.769. The Labute approximate surface area is 153 Å². The van der Waals surface area contributed by atoms with Crippen molar-refractivity contribution in [3.05, 3.63) is 30.1 Å². The van der Waals surface area contributed by atoms with E-state index in [9.17, 15) is 14.0 Å². The number of nitrogens with zero attached hydrogens (tertiary/aromatic N) is 1. The molecule has 2 fully saturated rings. The molecule has 1 heterocycles. The molecule has 3 amide bonds. The van der Waals surface area contributed by atoms with E-state index < -0.39 is 5.82 Å². The van der Waals surface area contributed by atoms with Crippen LogP contribution in [0.25, 0.3) is 0 Å². The van der Waals surface area contributed by atoms with Crippen LogP contribution in [0.1, 0.15) is 38.5 Å². The normalized spacial score (nSPS) is 22.1. The van der Waals surface area contributed by atoms with Gasteiger partial charge in [0.15, 0.2) is 0 Å². The number of para-hydroxylation sites is 1. The molecule has 1 unspecified atom stereocenters. The van der Waals surface area contributed by atoms with Gasteiger partial charge in [-0.25, -0.2) is 9.18 Å². The third kappa shape index (κ3) is 4.15. The first-order chi connectivity index (χ1) is 12.5. The van der Waals surface area contributed by atoms with Gasteiger partial charge in [-0.2, -0.15) is 0 Å². The van der Waals surface area contributed by atoms with E-state index in [0.29, 0.717) is 19.6 Å². The summed E-state index contributed by atoms with van der Waals surface area (Å²) in [6, 6.07) is 5.69. The largest absolute Gasteiger partial charge is 0.349 e. The van der Waals surface area contributed by atoms with Crippen molar-refractivity contribution in [1.29, 1.82) is 0 Å². The van der Waals surface area contributed by atoms with Crippen LogP contribution in [-0.2, 0) is 4.79 Å². The number of likely N-dealkylation sites (tertiary alicyclic amines) is 1. The number of nitrogens with one attached hydrogen (secondary N) is 2. The zero-order valence-corrected chi connectivity index (χ0v) is 15.0. The number of benzene rings is 1. The highest BCUT2D eigenvalue weighted by molar-refractivity contribution is 5.90. The summed E-state index contributed by atoms with van der Waals surface area (Å²) in [6.07, 6.45) is 5.49. The lowest BCUT2D eigenvalue weighted by Gasteiger charge is -2.35. The van der Waals surface area contributed by atoms with Crippen LogP contribution in [0.15, 0.2) is 24.3 Å². The Morgan fingerprint density at radius 2 is 1.96 bits per heavy atom. The Kier molecular flexibility index (Phi) is 5.76. The maximum atomic E-state index is 13.7. The predicted molar refractivity (Wildman–Crippen MR) is 98.1 cm³/mol. The van der Waals surface area contributed by atoms with E-state index in [0.717, 1.165) is 38.5 Å². The van der Waals surface area contributed by atoms with Crippen LogP contribution in [0.5, 0.6) is 0 Å². The van der Waals surface area contributed by atoms with Crippen molar-refractivity contribution >= 4 is 17.6 Å². The average molecular weight is 362 g/mol. The van der Waals surface area contributed by atoms with Gasteiger partial charge in [-0.15, -0.1) is 0 Å². The van der Waals surface area contributed by atoms with Gasteiger partial charge in [-0.1, -0.05) is 25.0 Å². The molecular weight excluding hydrogens is 335 g/mol.